The molecule has 2 aromatic rings. The maximum absolute atomic E-state index is 12.0. The normalized spacial score (nSPS) is 10.3. The highest BCUT2D eigenvalue weighted by Gasteiger charge is 2.14. The van der Waals surface area contributed by atoms with Gasteiger partial charge in [0.15, 0.2) is 0 Å². The Morgan fingerprint density at radius 3 is 2.44 bits per heavy atom. The molecule has 92 valence electrons. The van der Waals surface area contributed by atoms with Crippen molar-refractivity contribution < 1.29 is 9.72 Å². The van der Waals surface area contributed by atoms with Gasteiger partial charge in [0.25, 0.3) is 11.6 Å². The second-order valence-corrected chi connectivity index (χ2v) is 3.73. The van der Waals surface area contributed by atoms with Crippen molar-refractivity contribution in [2.24, 2.45) is 0 Å². The van der Waals surface area contributed by atoms with Crippen LogP contribution in [0.25, 0.3) is 0 Å². The number of hydrogen-bond donors (Lipinski definition) is 1. The zero-order valence-electron chi connectivity index (χ0n) is 9.53. The van der Waals surface area contributed by atoms with E-state index in [1.165, 1.54) is 24.3 Å². The van der Waals surface area contributed by atoms with Crippen LogP contribution in [0.2, 0.25) is 0 Å². The van der Waals surface area contributed by atoms with Crippen LogP contribution in [0.4, 0.5) is 11.5 Å². The van der Waals surface area contributed by atoms with Gasteiger partial charge in [-0.1, -0.05) is 0 Å². The van der Waals surface area contributed by atoms with Gasteiger partial charge in [0.2, 0.25) is 0 Å². The molecule has 7 nitrogen and oxygen atoms in total. The molecule has 0 unspecified atom stereocenters. The summed E-state index contributed by atoms with van der Waals surface area (Å²) in [6, 6.07) is 6.84. The third-order valence-electron chi connectivity index (χ3n) is 2.38. The largest absolute Gasteiger partial charge is 0.383 e. The molecule has 1 aromatic heterocycles. The number of aromatic nitrogens is 2. The lowest BCUT2D eigenvalue weighted by molar-refractivity contribution is -0.384. The SMILES string of the molecule is Cc1cc(N)n(C(=O)c2ccc([N+](=O)[O-])cc2)n1. The average Bonchev–Trinajstić information content (AvgIpc) is 2.67. The molecular weight excluding hydrogens is 236 g/mol. The fourth-order valence-corrected chi connectivity index (χ4v) is 1.53. The number of nitrogens with zero attached hydrogens (tertiary/aromatic N) is 3. The Kier molecular flexibility index (Phi) is 2.80. The first-order valence-electron chi connectivity index (χ1n) is 5.10. The fraction of sp³-hybridized carbons (Fsp3) is 0.0909. The van der Waals surface area contributed by atoms with Crippen molar-refractivity contribution in [3.63, 3.8) is 0 Å². The highest BCUT2D eigenvalue weighted by Crippen LogP contribution is 2.14. The number of carbonyl (C=O) groups is 1. The third kappa shape index (κ3) is 2.05. The predicted octanol–water partition coefficient (Wildman–Crippen LogP) is 1.37. The fourth-order valence-electron chi connectivity index (χ4n) is 1.53. The number of nitro benzene ring substituents is 1. The third-order valence-corrected chi connectivity index (χ3v) is 2.38. The van der Waals surface area contributed by atoms with Crippen LogP contribution in [0, 0.1) is 17.0 Å². The molecule has 0 saturated heterocycles. The molecule has 2 rings (SSSR count). The summed E-state index contributed by atoms with van der Waals surface area (Å²) in [5, 5.41) is 14.4. The Bertz CT molecular complexity index is 616. The second kappa shape index (κ2) is 4.28. The van der Waals surface area contributed by atoms with E-state index in [1.807, 2.05) is 0 Å². The molecule has 0 aliphatic heterocycles. The number of nitro groups is 1. The van der Waals surface area contributed by atoms with Crippen molar-refractivity contribution >= 4 is 17.4 Å². The Labute approximate surface area is 102 Å². The van der Waals surface area contributed by atoms with Gasteiger partial charge in [-0.2, -0.15) is 9.78 Å². The minimum Gasteiger partial charge on any atom is -0.383 e. The highest BCUT2D eigenvalue weighted by atomic mass is 16.6. The van der Waals surface area contributed by atoms with Crippen LogP contribution in [-0.2, 0) is 0 Å². The summed E-state index contributed by atoms with van der Waals surface area (Å²) >= 11 is 0. The van der Waals surface area contributed by atoms with E-state index >= 15 is 0 Å². The van der Waals surface area contributed by atoms with Crippen molar-refractivity contribution in [1.29, 1.82) is 0 Å². The summed E-state index contributed by atoms with van der Waals surface area (Å²) in [4.78, 5) is 22.0. The summed E-state index contributed by atoms with van der Waals surface area (Å²) in [6.07, 6.45) is 0. The molecular formula is C11H10N4O3. The average molecular weight is 246 g/mol. The molecule has 2 N–H and O–H groups in total. The first-order chi connectivity index (χ1) is 8.49. The molecule has 0 spiro atoms. The van der Waals surface area contributed by atoms with E-state index in [2.05, 4.69) is 5.10 Å². The lowest BCUT2D eigenvalue weighted by Crippen LogP contribution is -2.16. The van der Waals surface area contributed by atoms with Gasteiger partial charge in [0.1, 0.15) is 5.82 Å². The Morgan fingerprint density at radius 2 is 2.00 bits per heavy atom. The lowest BCUT2D eigenvalue weighted by atomic mass is 10.2. The molecule has 18 heavy (non-hydrogen) atoms. The van der Waals surface area contributed by atoms with Crippen molar-refractivity contribution in [1.82, 2.24) is 9.78 Å². The number of rotatable bonds is 2. The van der Waals surface area contributed by atoms with Gasteiger partial charge in [-0.05, 0) is 19.1 Å². The molecule has 0 radical (unpaired) electrons. The maximum atomic E-state index is 12.0. The molecule has 0 atom stereocenters. The van der Waals surface area contributed by atoms with Crippen molar-refractivity contribution in [2.45, 2.75) is 6.92 Å². The number of aryl methyl sites for hydroxylation is 1. The number of anilines is 1. The van der Waals surface area contributed by atoms with Crippen LogP contribution in [0.3, 0.4) is 0 Å². The van der Waals surface area contributed by atoms with Crippen molar-refractivity contribution in [3.8, 4) is 0 Å². The van der Waals surface area contributed by atoms with Crippen LogP contribution in [0.1, 0.15) is 16.1 Å². The van der Waals surface area contributed by atoms with E-state index in [1.54, 1.807) is 13.0 Å². The van der Waals surface area contributed by atoms with Gasteiger partial charge in [0, 0.05) is 23.8 Å². The summed E-state index contributed by atoms with van der Waals surface area (Å²) < 4.78 is 1.07. The van der Waals surface area contributed by atoms with Gasteiger partial charge >= 0.3 is 0 Å². The van der Waals surface area contributed by atoms with Crippen molar-refractivity contribution in [2.75, 3.05) is 5.73 Å². The quantitative estimate of drug-likeness (QED) is 0.636. The Hall–Kier alpha value is -2.70. The van der Waals surface area contributed by atoms with Crippen LogP contribution < -0.4 is 5.73 Å². The highest BCUT2D eigenvalue weighted by molar-refractivity contribution is 5.97. The zero-order valence-corrected chi connectivity index (χ0v) is 9.53. The first-order valence-corrected chi connectivity index (χ1v) is 5.10. The summed E-state index contributed by atoms with van der Waals surface area (Å²) in [5.41, 5.74) is 6.47. The molecule has 0 saturated carbocycles. The molecule has 0 fully saturated rings. The van der Waals surface area contributed by atoms with Crippen LogP contribution >= 0.6 is 0 Å². The minimum atomic E-state index is -0.527. The summed E-state index contributed by atoms with van der Waals surface area (Å²) in [5.74, 6) is -0.189. The molecule has 0 bridgehead atoms. The van der Waals surface area contributed by atoms with Crippen LogP contribution in [0.5, 0.6) is 0 Å². The van der Waals surface area contributed by atoms with Gasteiger partial charge in [0.05, 0.1) is 10.6 Å². The van der Waals surface area contributed by atoms with Crippen molar-refractivity contribution in [3.05, 3.63) is 51.7 Å². The van der Waals surface area contributed by atoms with E-state index in [9.17, 15) is 14.9 Å². The molecule has 0 aliphatic carbocycles. The first kappa shape index (κ1) is 11.8. The molecule has 0 aliphatic rings. The Balaban J connectivity index is 2.34. The minimum absolute atomic E-state index is 0.0730. The van der Waals surface area contributed by atoms with E-state index < -0.39 is 10.8 Å². The van der Waals surface area contributed by atoms with E-state index in [4.69, 9.17) is 5.73 Å². The van der Waals surface area contributed by atoms with Gasteiger partial charge < -0.3 is 5.73 Å². The number of hydrogen-bond acceptors (Lipinski definition) is 5. The summed E-state index contributed by atoms with van der Waals surface area (Å²) in [6.45, 7) is 1.72. The smallest absolute Gasteiger partial charge is 0.280 e. The molecule has 7 heteroatoms. The van der Waals surface area contributed by atoms with Crippen LogP contribution in [-0.4, -0.2) is 20.6 Å². The number of non-ortho nitro benzene ring substituents is 1. The molecule has 0 amide bonds. The summed E-state index contributed by atoms with van der Waals surface area (Å²) in [7, 11) is 0. The van der Waals surface area contributed by atoms with E-state index in [-0.39, 0.29) is 17.1 Å². The Morgan fingerprint density at radius 1 is 1.39 bits per heavy atom. The predicted molar refractivity (Wildman–Crippen MR) is 64.2 cm³/mol. The van der Waals surface area contributed by atoms with Gasteiger partial charge in [-0.25, -0.2) is 0 Å². The standard InChI is InChI=1S/C11H10N4O3/c1-7-6-10(12)14(13-7)11(16)8-2-4-9(5-3-8)15(17)18/h2-6H,12H2,1H3. The monoisotopic (exact) mass is 246 g/mol. The number of benzene rings is 1. The van der Waals surface area contributed by atoms with E-state index in [0.717, 1.165) is 4.68 Å². The van der Waals surface area contributed by atoms with Gasteiger partial charge in [-0.3, -0.25) is 14.9 Å². The topological polar surface area (TPSA) is 104 Å². The zero-order chi connectivity index (χ0) is 13.3. The number of carbonyl (C=O) groups excluding carboxylic acids is 1. The second-order valence-electron chi connectivity index (χ2n) is 3.73. The number of nitrogens with two attached hydrogens (primary N) is 1. The van der Waals surface area contributed by atoms with E-state index in [0.29, 0.717) is 5.69 Å². The molecule has 1 heterocycles. The molecule has 1 aromatic carbocycles. The number of nitrogen functional groups attached to an aromatic ring is 1. The van der Waals surface area contributed by atoms with Crippen LogP contribution in [0.15, 0.2) is 30.3 Å². The lowest BCUT2D eigenvalue weighted by Gasteiger charge is -2.02. The maximum Gasteiger partial charge on any atom is 0.280 e. The van der Waals surface area contributed by atoms with Gasteiger partial charge in [-0.15, -0.1) is 0 Å².